The summed E-state index contributed by atoms with van der Waals surface area (Å²) in [4.78, 5) is 24.5. The number of hydrogen-bond acceptors (Lipinski definition) is 4. The first kappa shape index (κ1) is 23.9. The highest BCUT2D eigenvalue weighted by atomic mass is 32.2. The molecule has 2 amide bonds. The largest absolute Gasteiger partial charge is 0.348 e. The lowest BCUT2D eigenvalue weighted by Crippen LogP contribution is -2.47. The van der Waals surface area contributed by atoms with Gasteiger partial charge in [-0.3, -0.25) is 9.59 Å². The molecule has 2 aromatic carbocycles. The summed E-state index contributed by atoms with van der Waals surface area (Å²) in [6.45, 7) is 4.27. The van der Waals surface area contributed by atoms with Gasteiger partial charge < -0.3 is 10.6 Å². The number of hydrogen-bond donors (Lipinski definition) is 2. The summed E-state index contributed by atoms with van der Waals surface area (Å²) >= 11 is 0. The van der Waals surface area contributed by atoms with Crippen LogP contribution in [0.4, 0.5) is 4.39 Å². The molecule has 2 N–H and O–H groups in total. The summed E-state index contributed by atoms with van der Waals surface area (Å²) < 4.78 is 40.8. The van der Waals surface area contributed by atoms with Crippen LogP contribution in [-0.4, -0.2) is 50.2 Å². The highest BCUT2D eigenvalue weighted by Gasteiger charge is 2.36. The van der Waals surface area contributed by atoms with Crippen LogP contribution in [0.25, 0.3) is 0 Å². The van der Waals surface area contributed by atoms with Gasteiger partial charge in [0.25, 0.3) is 0 Å². The van der Waals surface area contributed by atoms with Crippen molar-refractivity contribution >= 4 is 21.8 Å². The van der Waals surface area contributed by atoms with E-state index in [0.717, 1.165) is 11.1 Å². The Labute approximate surface area is 188 Å². The first-order chi connectivity index (χ1) is 15.2. The summed E-state index contributed by atoms with van der Waals surface area (Å²) in [6, 6.07) is 10.8. The molecule has 0 bridgehead atoms. The average molecular weight is 462 g/mol. The zero-order chi connectivity index (χ0) is 23.3. The minimum Gasteiger partial charge on any atom is -0.348 e. The van der Waals surface area contributed by atoms with Gasteiger partial charge in [0, 0.05) is 25.7 Å². The summed E-state index contributed by atoms with van der Waals surface area (Å²) in [5, 5.41) is 5.08. The molecule has 1 saturated heterocycles. The Morgan fingerprint density at radius 1 is 1.06 bits per heavy atom. The van der Waals surface area contributed by atoms with Crippen LogP contribution in [0.3, 0.4) is 0 Å². The van der Waals surface area contributed by atoms with E-state index in [4.69, 9.17) is 0 Å². The molecule has 0 saturated carbocycles. The Hall–Kier alpha value is -2.78. The van der Waals surface area contributed by atoms with Crippen molar-refractivity contribution in [2.45, 2.75) is 44.0 Å². The second kappa shape index (κ2) is 10.2. The quantitative estimate of drug-likeness (QED) is 0.617. The molecule has 0 radical (unpaired) electrons. The number of nitrogens with one attached hydrogen (secondary N) is 2. The third kappa shape index (κ3) is 5.72. The summed E-state index contributed by atoms with van der Waals surface area (Å²) in [5.74, 6) is -1.92. The standard InChI is InChI=1S/C23H28FN3O4S/c1-16-5-6-17(2)21(14-16)32(30,31)27-13-3-4-20(27)15-26-23(29)22(28)25-12-11-18-7-9-19(24)10-8-18/h5-10,14,20H,3-4,11-13,15H2,1-2H3,(H,25,28)(H,26,29). The number of nitrogens with zero attached hydrogens (tertiary/aromatic N) is 1. The molecule has 1 fully saturated rings. The molecule has 3 rings (SSSR count). The summed E-state index contributed by atoms with van der Waals surface area (Å²) in [7, 11) is -3.70. The smallest absolute Gasteiger partial charge is 0.309 e. The van der Waals surface area contributed by atoms with Gasteiger partial charge >= 0.3 is 11.8 Å². The molecular weight excluding hydrogens is 433 g/mol. The average Bonchev–Trinajstić information content (AvgIpc) is 3.24. The van der Waals surface area contributed by atoms with Gasteiger partial charge in [-0.2, -0.15) is 4.31 Å². The van der Waals surface area contributed by atoms with Crippen LogP contribution in [0.2, 0.25) is 0 Å². The molecule has 1 heterocycles. The zero-order valence-corrected chi connectivity index (χ0v) is 19.0. The van der Waals surface area contributed by atoms with Crippen molar-refractivity contribution in [2.75, 3.05) is 19.6 Å². The van der Waals surface area contributed by atoms with Crippen LogP contribution in [0.5, 0.6) is 0 Å². The van der Waals surface area contributed by atoms with Crippen LogP contribution >= 0.6 is 0 Å². The highest BCUT2D eigenvalue weighted by molar-refractivity contribution is 7.89. The Bertz CT molecular complexity index is 1090. The van der Waals surface area contributed by atoms with Gasteiger partial charge in [0.1, 0.15) is 5.82 Å². The van der Waals surface area contributed by atoms with Crippen LogP contribution in [-0.2, 0) is 26.0 Å². The maximum Gasteiger partial charge on any atom is 0.309 e. The first-order valence-electron chi connectivity index (χ1n) is 10.6. The normalized spacial score (nSPS) is 16.7. The van der Waals surface area contributed by atoms with Crippen LogP contribution < -0.4 is 10.6 Å². The van der Waals surface area contributed by atoms with E-state index in [-0.39, 0.29) is 23.8 Å². The van der Waals surface area contributed by atoms with Crippen molar-refractivity contribution in [1.82, 2.24) is 14.9 Å². The van der Waals surface area contributed by atoms with Gasteiger partial charge in [-0.25, -0.2) is 12.8 Å². The molecule has 1 unspecified atom stereocenters. The number of aryl methyl sites for hydroxylation is 2. The third-order valence-corrected chi connectivity index (χ3v) is 7.66. The Balaban J connectivity index is 1.53. The molecule has 172 valence electrons. The van der Waals surface area contributed by atoms with Gasteiger partial charge in [-0.15, -0.1) is 0 Å². The highest BCUT2D eigenvalue weighted by Crippen LogP contribution is 2.28. The van der Waals surface area contributed by atoms with Gasteiger partial charge in [0.05, 0.1) is 4.90 Å². The Morgan fingerprint density at radius 3 is 2.47 bits per heavy atom. The van der Waals surface area contributed by atoms with E-state index in [1.165, 1.54) is 16.4 Å². The lowest BCUT2D eigenvalue weighted by Gasteiger charge is -2.25. The van der Waals surface area contributed by atoms with E-state index in [2.05, 4.69) is 10.6 Å². The van der Waals surface area contributed by atoms with E-state index >= 15 is 0 Å². The van der Waals surface area contributed by atoms with Crippen molar-refractivity contribution in [2.24, 2.45) is 0 Å². The Kier molecular flexibility index (Phi) is 7.63. The summed E-state index contributed by atoms with van der Waals surface area (Å²) in [5.41, 5.74) is 2.37. The fourth-order valence-electron chi connectivity index (χ4n) is 3.78. The second-order valence-electron chi connectivity index (χ2n) is 8.02. The second-order valence-corrected chi connectivity index (χ2v) is 9.88. The lowest BCUT2D eigenvalue weighted by atomic mass is 10.1. The molecule has 1 atom stereocenters. The van der Waals surface area contributed by atoms with Gasteiger partial charge in [0.2, 0.25) is 10.0 Å². The minimum atomic E-state index is -3.70. The van der Waals surface area contributed by atoms with E-state index < -0.39 is 27.9 Å². The van der Waals surface area contributed by atoms with Crippen LogP contribution in [0.1, 0.15) is 29.5 Å². The van der Waals surface area contributed by atoms with Gasteiger partial charge in [-0.05, 0) is 68.0 Å². The van der Waals surface area contributed by atoms with Crippen molar-refractivity contribution < 1.29 is 22.4 Å². The van der Waals surface area contributed by atoms with E-state index in [1.54, 1.807) is 31.2 Å². The zero-order valence-electron chi connectivity index (χ0n) is 18.2. The monoisotopic (exact) mass is 461 g/mol. The fraction of sp³-hybridized carbons (Fsp3) is 0.391. The number of carbonyl (C=O) groups excluding carboxylic acids is 2. The van der Waals surface area contributed by atoms with Gasteiger partial charge in [-0.1, -0.05) is 24.3 Å². The number of amides is 2. The molecule has 1 aliphatic heterocycles. The number of carbonyl (C=O) groups is 2. The summed E-state index contributed by atoms with van der Waals surface area (Å²) in [6.07, 6.45) is 1.76. The SMILES string of the molecule is Cc1ccc(C)c(S(=O)(=O)N2CCCC2CNC(=O)C(=O)NCCc2ccc(F)cc2)c1. The predicted molar refractivity (Wildman–Crippen MR) is 119 cm³/mol. The van der Waals surface area contributed by atoms with Crippen molar-refractivity contribution in [1.29, 1.82) is 0 Å². The van der Waals surface area contributed by atoms with Gasteiger partial charge in [0.15, 0.2) is 0 Å². The first-order valence-corrected chi connectivity index (χ1v) is 12.0. The maximum atomic E-state index is 13.2. The molecule has 0 aliphatic carbocycles. The number of halogens is 1. The lowest BCUT2D eigenvalue weighted by molar-refractivity contribution is -0.139. The molecule has 32 heavy (non-hydrogen) atoms. The maximum absolute atomic E-state index is 13.2. The molecule has 0 spiro atoms. The van der Waals surface area contributed by atoms with Crippen molar-refractivity contribution in [3.05, 3.63) is 65.0 Å². The van der Waals surface area contributed by atoms with E-state index in [0.29, 0.717) is 31.4 Å². The minimum absolute atomic E-state index is 0.0638. The topological polar surface area (TPSA) is 95.6 Å². The number of sulfonamides is 1. The van der Waals surface area contributed by atoms with E-state index in [9.17, 15) is 22.4 Å². The molecule has 7 nitrogen and oxygen atoms in total. The molecule has 1 aliphatic rings. The van der Waals surface area contributed by atoms with Crippen LogP contribution in [0, 0.1) is 19.7 Å². The van der Waals surface area contributed by atoms with Crippen LogP contribution in [0.15, 0.2) is 47.4 Å². The van der Waals surface area contributed by atoms with Crippen molar-refractivity contribution in [3.63, 3.8) is 0 Å². The number of rotatable bonds is 7. The third-order valence-electron chi connectivity index (χ3n) is 5.57. The molecule has 0 aromatic heterocycles. The Morgan fingerprint density at radius 2 is 1.75 bits per heavy atom. The predicted octanol–water partition coefficient (Wildman–Crippen LogP) is 2.07. The van der Waals surface area contributed by atoms with E-state index in [1.807, 2.05) is 13.0 Å². The number of benzene rings is 2. The van der Waals surface area contributed by atoms with Crippen molar-refractivity contribution in [3.8, 4) is 0 Å². The molecule has 2 aromatic rings. The fourth-order valence-corrected chi connectivity index (χ4v) is 5.79. The molecular formula is C23H28FN3O4S. The molecule has 9 heteroatoms.